The third-order valence-electron chi connectivity index (χ3n) is 5.55. The van der Waals surface area contributed by atoms with Crippen molar-refractivity contribution in [3.8, 4) is 10.4 Å². The van der Waals surface area contributed by atoms with E-state index in [2.05, 4.69) is 15.5 Å². The van der Waals surface area contributed by atoms with E-state index in [0.717, 1.165) is 17.0 Å². The molecule has 142 valence electrons. The molecule has 2 bridgehead atoms. The van der Waals surface area contributed by atoms with Crippen molar-refractivity contribution in [3.63, 3.8) is 0 Å². The van der Waals surface area contributed by atoms with Gasteiger partial charge in [0.25, 0.3) is 11.8 Å². The van der Waals surface area contributed by atoms with Crippen LogP contribution in [-0.4, -0.2) is 48.9 Å². The largest absolute Gasteiger partial charge is 0.352 e. The number of benzene rings is 1. The minimum Gasteiger partial charge on any atom is -0.352 e. The second-order valence-corrected chi connectivity index (χ2v) is 8.41. The third-order valence-corrected chi connectivity index (χ3v) is 6.68. The van der Waals surface area contributed by atoms with Gasteiger partial charge in [-0.15, -0.1) is 11.3 Å². The number of nitrogens with one attached hydrogen (secondary N) is 2. The predicted molar refractivity (Wildman–Crippen MR) is 108 cm³/mol. The smallest absolute Gasteiger partial charge is 0.261 e. The first-order valence-electron chi connectivity index (χ1n) is 9.65. The molecule has 0 aliphatic carbocycles. The van der Waals surface area contributed by atoms with Crippen molar-refractivity contribution in [2.45, 2.75) is 25.8 Å². The van der Waals surface area contributed by atoms with Crippen LogP contribution in [0.4, 0.5) is 0 Å². The van der Waals surface area contributed by atoms with Gasteiger partial charge in [-0.05, 0) is 68.6 Å². The summed E-state index contributed by atoms with van der Waals surface area (Å²) in [5, 5.41) is 6.06. The zero-order valence-electron chi connectivity index (χ0n) is 15.5. The summed E-state index contributed by atoms with van der Waals surface area (Å²) in [7, 11) is 0. The number of thiophene rings is 1. The summed E-state index contributed by atoms with van der Waals surface area (Å²) in [4.78, 5) is 28.9. The molecule has 1 unspecified atom stereocenters. The monoisotopic (exact) mass is 383 g/mol. The Morgan fingerprint density at radius 1 is 1.15 bits per heavy atom. The summed E-state index contributed by atoms with van der Waals surface area (Å²) in [6, 6.07) is 11.7. The Balaban J connectivity index is 1.47. The topological polar surface area (TPSA) is 61.4 Å². The van der Waals surface area contributed by atoms with Crippen LogP contribution >= 0.6 is 11.3 Å². The average molecular weight is 384 g/mol. The standard InChI is InChI=1S/C21H25N3O2S/c1-2-22-21(26)19-7-6-18(27-19)15-4-3-5-16(12-15)20(25)23-17-13-24-10-8-14(17)9-11-24/h3-7,12,14,17H,2,8-11,13H2,1H3,(H,22,26)(H,23,25). The van der Waals surface area contributed by atoms with Gasteiger partial charge in [-0.1, -0.05) is 12.1 Å². The fourth-order valence-corrected chi connectivity index (χ4v) is 4.98. The molecule has 3 saturated heterocycles. The maximum absolute atomic E-state index is 12.8. The van der Waals surface area contributed by atoms with Gasteiger partial charge in [0, 0.05) is 29.6 Å². The minimum absolute atomic E-state index is 0.00361. The zero-order chi connectivity index (χ0) is 18.8. The number of hydrogen-bond acceptors (Lipinski definition) is 4. The summed E-state index contributed by atoms with van der Waals surface area (Å²) in [6.07, 6.45) is 2.37. The Bertz CT molecular complexity index is 839. The van der Waals surface area contributed by atoms with Gasteiger partial charge in [0.05, 0.1) is 4.88 Å². The number of fused-ring (bicyclic) bond motifs is 3. The number of nitrogens with zero attached hydrogens (tertiary/aromatic N) is 1. The highest BCUT2D eigenvalue weighted by atomic mass is 32.1. The molecule has 1 aromatic heterocycles. The Morgan fingerprint density at radius 3 is 2.67 bits per heavy atom. The molecule has 6 heteroatoms. The lowest BCUT2D eigenvalue weighted by atomic mass is 9.84. The minimum atomic E-state index is -0.0509. The van der Waals surface area contributed by atoms with Gasteiger partial charge in [0.2, 0.25) is 0 Å². The lowest BCUT2D eigenvalue weighted by molar-refractivity contribution is 0.0620. The summed E-state index contributed by atoms with van der Waals surface area (Å²) in [5.41, 5.74) is 1.65. The van der Waals surface area contributed by atoms with E-state index in [1.807, 2.05) is 43.3 Å². The van der Waals surface area contributed by atoms with E-state index in [4.69, 9.17) is 0 Å². The van der Waals surface area contributed by atoms with Gasteiger partial charge >= 0.3 is 0 Å². The molecule has 2 N–H and O–H groups in total. The Kier molecular flexibility index (Phi) is 5.27. The number of carbonyl (C=O) groups is 2. The van der Waals surface area contributed by atoms with E-state index in [9.17, 15) is 9.59 Å². The van der Waals surface area contributed by atoms with Crippen molar-refractivity contribution in [2.75, 3.05) is 26.2 Å². The van der Waals surface area contributed by atoms with E-state index in [1.165, 1.54) is 37.3 Å². The van der Waals surface area contributed by atoms with Gasteiger partial charge < -0.3 is 15.5 Å². The number of carbonyl (C=O) groups excluding carboxylic acids is 2. The van der Waals surface area contributed by atoms with Gasteiger partial charge in [0.15, 0.2) is 0 Å². The van der Waals surface area contributed by atoms with Crippen LogP contribution in [0.15, 0.2) is 36.4 Å². The molecule has 5 nitrogen and oxygen atoms in total. The molecular formula is C21H25N3O2S. The molecule has 2 aromatic rings. The van der Waals surface area contributed by atoms with Gasteiger partial charge in [-0.3, -0.25) is 9.59 Å². The molecule has 27 heavy (non-hydrogen) atoms. The highest BCUT2D eigenvalue weighted by molar-refractivity contribution is 7.17. The molecule has 1 aromatic carbocycles. The Morgan fingerprint density at radius 2 is 1.96 bits per heavy atom. The molecule has 3 aliphatic heterocycles. The molecule has 4 heterocycles. The number of rotatable bonds is 5. The quantitative estimate of drug-likeness (QED) is 0.834. The predicted octanol–water partition coefficient (Wildman–Crippen LogP) is 2.99. The first-order chi connectivity index (χ1) is 13.1. The van der Waals surface area contributed by atoms with E-state index in [1.54, 1.807) is 0 Å². The molecule has 1 atom stereocenters. The van der Waals surface area contributed by atoms with Crippen molar-refractivity contribution in [1.29, 1.82) is 0 Å². The number of piperidine rings is 3. The lowest BCUT2D eigenvalue weighted by Gasteiger charge is -2.44. The van der Waals surface area contributed by atoms with Crippen molar-refractivity contribution in [3.05, 3.63) is 46.8 Å². The molecule has 3 fully saturated rings. The number of amides is 2. The second kappa shape index (κ2) is 7.82. The van der Waals surface area contributed by atoms with Crippen LogP contribution in [0.2, 0.25) is 0 Å². The molecule has 3 aliphatic rings. The highest BCUT2D eigenvalue weighted by Crippen LogP contribution is 2.30. The van der Waals surface area contributed by atoms with Crippen LogP contribution in [0.5, 0.6) is 0 Å². The third kappa shape index (κ3) is 3.92. The maximum Gasteiger partial charge on any atom is 0.261 e. The molecule has 0 saturated carbocycles. The zero-order valence-corrected chi connectivity index (χ0v) is 16.3. The van der Waals surface area contributed by atoms with Gasteiger partial charge in [0.1, 0.15) is 0 Å². The summed E-state index contributed by atoms with van der Waals surface area (Å²) in [5.74, 6) is 0.556. The lowest BCUT2D eigenvalue weighted by Crippen LogP contribution is -2.57. The van der Waals surface area contributed by atoms with Crippen molar-refractivity contribution >= 4 is 23.2 Å². The van der Waals surface area contributed by atoms with E-state index in [-0.39, 0.29) is 17.9 Å². The summed E-state index contributed by atoms with van der Waals surface area (Å²) < 4.78 is 0. The normalized spacial score (nSPS) is 23.8. The van der Waals surface area contributed by atoms with Crippen molar-refractivity contribution in [2.24, 2.45) is 5.92 Å². The van der Waals surface area contributed by atoms with E-state index < -0.39 is 0 Å². The summed E-state index contributed by atoms with van der Waals surface area (Å²) >= 11 is 1.45. The molecular weight excluding hydrogens is 358 g/mol. The average Bonchev–Trinajstić information content (AvgIpc) is 3.20. The van der Waals surface area contributed by atoms with Gasteiger partial charge in [-0.2, -0.15) is 0 Å². The SMILES string of the molecule is CCNC(=O)c1ccc(-c2cccc(C(=O)NC3CN4CCC3CC4)c2)s1. The van der Waals surface area contributed by atoms with Crippen LogP contribution in [0.1, 0.15) is 39.8 Å². The number of hydrogen-bond donors (Lipinski definition) is 2. The van der Waals surface area contributed by atoms with Crippen molar-refractivity contribution < 1.29 is 9.59 Å². The molecule has 2 amide bonds. The Labute approximate surface area is 163 Å². The molecule has 0 radical (unpaired) electrons. The van der Waals surface area contributed by atoms with Crippen LogP contribution in [0, 0.1) is 5.92 Å². The molecule has 5 rings (SSSR count). The fourth-order valence-electron chi connectivity index (χ4n) is 4.06. The van der Waals surface area contributed by atoms with Gasteiger partial charge in [-0.25, -0.2) is 0 Å². The van der Waals surface area contributed by atoms with Crippen LogP contribution in [0.3, 0.4) is 0 Å². The van der Waals surface area contributed by atoms with Crippen LogP contribution < -0.4 is 10.6 Å². The first kappa shape index (κ1) is 18.2. The first-order valence-corrected chi connectivity index (χ1v) is 10.5. The highest BCUT2D eigenvalue weighted by Gasteiger charge is 2.34. The van der Waals surface area contributed by atoms with E-state index >= 15 is 0 Å². The Hall–Kier alpha value is -2.18. The van der Waals surface area contributed by atoms with Crippen molar-refractivity contribution in [1.82, 2.24) is 15.5 Å². The summed E-state index contributed by atoms with van der Waals surface area (Å²) in [6.45, 7) is 5.82. The maximum atomic E-state index is 12.8. The van der Waals surface area contributed by atoms with E-state index in [0.29, 0.717) is 22.9 Å². The second-order valence-electron chi connectivity index (χ2n) is 7.32. The fraction of sp³-hybridized carbons (Fsp3) is 0.429. The molecule has 0 spiro atoms. The van der Waals surface area contributed by atoms with Crippen LogP contribution in [-0.2, 0) is 0 Å². The van der Waals surface area contributed by atoms with Crippen LogP contribution in [0.25, 0.3) is 10.4 Å².